The van der Waals surface area contributed by atoms with Gasteiger partial charge in [0.25, 0.3) is 0 Å². The lowest BCUT2D eigenvalue weighted by Crippen LogP contribution is -2.23. The Morgan fingerprint density at radius 2 is 1.56 bits per heavy atom. The number of hydrogen-bond acceptors (Lipinski definition) is 4. The summed E-state index contributed by atoms with van der Waals surface area (Å²) in [5, 5.41) is 9.40. The second-order valence-corrected chi connectivity index (χ2v) is 8.48. The van der Waals surface area contributed by atoms with E-state index in [2.05, 4.69) is 10.2 Å². The molecule has 0 atom stereocenters. The van der Waals surface area contributed by atoms with Gasteiger partial charge >= 0.3 is 11.9 Å². The second-order valence-electron chi connectivity index (χ2n) is 8.04. The van der Waals surface area contributed by atoms with Gasteiger partial charge in [-0.25, -0.2) is 9.48 Å². The maximum Gasteiger partial charge on any atom is 0.416 e. The smallest absolute Gasteiger partial charge is 0.416 e. The lowest BCUT2D eigenvalue weighted by atomic mass is 9.97. The van der Waals surface area contributed by atoms with Crippen LogP contribution in [-0.4, -0.2) is 26.5 Å². The Balaban J connectivity index is 1.65. The van der Waals surface area contributed by atoms with Crippen molar-refractivity contribution in [3.63, 3.8) is 0 Å². The van der Waals surface area contributed by atoms with E-state index in [0.717, 1.165) is 28.8 Å². The van der Waals surface area contributed by atoms with Crippen LogP contribution in [0.4, 0.5) is 13.2 Å². The number of nitrogens with zero attached hydrogens (tertiary/aromatic N) is 4. The van der Waals surface area contributed by atoms with Crippen molar-refractivity contribution in [2.24, 2.45) is 0 Å². The molecule has 0 aliphatic heterocycles. The van der Waals surface area contributed by atoms with E-state index in [1.165, 1.54) is 21.3 Å². The Morgan fingerprint density at radius 1 is 0.917 bits per heavy atom. The van der Waals surface area contributed by atoms with Gasteiger partial charge in [-0.1, -0.05) is 48.0 Å². The van der Waals surface area contributed by atoms with Gasteiger partial charge < -0.3 is 4.74 Å². The van der Waals surface area contributed by atoms with Crippen LogP contribution in [-0.2, 0) is 12.7 Å². The topological polar surface area (TPSA) is 61.4 Å². The summed E-state index contributed by atoms with van der Waals surface area (Å²) in [5.74, 6) is 0.692. The Bertz CT molecular complexity index is 1590. The molecule has 5 rings (SSSR count). The van der Waals surface area contributed by atoms with Crippen LogP contribution in [0.2, 0.25) is 5.02 Å². The number of benzene rings is 3. The standard InChI is InChI=1S/C26H18ClF3N4O2/c1-36-21-12-6-17(7-13-21)22-14-31-34-24(23(22)18-4-10-20(27)11-5-18)32-33(25(34)35)15-16-2-8-19(9-3-16)26(28,29)30/h2-14H,15H2,1H3. The predicted octanol–water partition coefficient (Wildman–Crippen LogP) is 5.95. The van der Waals surface area contributed by atoms with Gasteiger partial charge in [0.05, 0.1) is 25.4 Å². The Hall–Kier alpha value is -4.11. The molecule has 0 bridgehead atoms. The summed E-state index contributed by atoms with van der Waals surface area (Å²) in [6.07, 6.45) is -2.85. The van der Waals surface area contributed by atoms with Gasteiger partial charge in [0.1, 0.15) is 5.75 Å². The van der Waals surface area contributed by atoms with Crippen LogP contribution in [0.15, 0.2) is 83.8 Å². The third kappa shape index (κ3) is 4.45. The second kappa shape index (κ2) is 9.16. The van der Waals surface area contributed by atoms with Crippen molar-refractivity contribution in [1.29, 1.82) is 0 Å². The van der Waals surface area contributed by atoms with E-state index in [1.54, 1.807) is 25.4 Å². The molecule has 0 unspecified atom stereocenters. The van der Waals surface area contributed by atoms with Crippen LogP contribution < -0.4 is 10.4 Å². The zero-order valence-electron chi connectivity index (χ0n) is 18.8. The quantitative estimate of drug-likeness (QED) is 0.293. The summed E-state index contributed by atoms with van der Waals surface area (Å²) in [4.78, 5) is 13.1. The predicted molar refractivity (Wildman–Crippen MR) is 130 cm³/mol. The molecule has 6 nitrogen and oxygen atoms in total. The third-order valence-electron chi connectivity index (χ3n) is 5.76. The molecule has 0 fully saturated rings. The number of fused-ring (bicyclic) bond motifs is 1. The molecule has 36 heavy (non-hydrogen) atoms. The highest BCUT2D eigenvalue weighted by atomic mass is 35.5. The van der Waals surface area contributed by atoms with Crippen LogP contribution in [0.1, 0.15) is 11.1 Å². The monoisotopic (exact) mass is 510 g/mol. The van der Waals surface area contributed by atoms with Crippen LogP contribution in [0.3, 0.4) is 0 Å². The molecular weight excluding hydrogens is 493 g/mol. The van der Waals surface area contributed by atoms with Gasteiger partial charge in [0.2, 0.25) is 0 Å². The molecule has 182 valence electrons. The van der Waals surface area contributed by atoms with Crippen LogP contribution >= 0.6 is 11.6 Å². The first-order valence-corrected chi connectivity index (χ1v) is 11.2. The van der Waals surface area contributed by atoms with E-state index in [1.807, 2.05) is 36.4 Å². The first kappa shape index (κ1) is 23.6. The molecule has 0 saturated carbocycles. The minimum atomic E-state index is -4.44. The summed E-state index contributed by atoms with van der Waals surface area (Å²) >= 11 is 6.09. The normalized spacial score (nSPS) is 11.7. The van der Waals surface area contributed by atoms with Gasteiger partial charge in [-0.15, -0.1) is 5.10 Å². The molecule has 5 aromatic rings. The van der Waals surface area contributed by atoms with Crippen molar-refractivity contribution in [2.45, 2.75) is 12.7 Å². The summed E-state index contributed by atoms with van der Waals surface area (Å²) in [7, 11) is 1.58. The molecule has 0 aliphatic rings. The van der Waals surface area contributed by atoms with Crippen molar-refractivity contribution in [2.75, 3.05) is 7.11 Å². The lowest BCUT2D eigenvalue weighted by molar-refractivity contribution is -0.137. The fourth-order valence-corrected chi connectivity index (χ4v) is 4.05. The maximum atomic E-state index is 13.1. The zero-order chi connectivity index (χ0) is 25.4. The highest BCUT2D eigenvalue weighted by Gasteiger charge is 2.30. The Labute approximate surface area is 208 Å². The highest BCUT2D eigenvalue weighted by molar-refractivity contribution is 6.30. The van der Waals surface area contributed by atoms with Crippen molar-refractivity contribution in [3.8, 4) is 28.0 Å². The lowest BCUT2D eigenvalue weighted by Gasteiger charge is -2.11. The summed E-state index contributed by atoms with van der Waals surface area (Å²) < 4.78 is 46.3. The zero-order valence-corrected chi connectivity index (χ0v) is 19.6. The van der Waals surface area contributed by atoms with E-state index in [0.29, 0.717) is 27.5 Å². The Morgan fingerprint density at radius 3 is 2.17 bits per heavy atom. The van der Waals surface area contributed by atoms with E-state index >= 15 is 0 Å². The molecule has 10 heteroatoms. The molecule has 0 spiro atoms. The van der Waals surface area contributed by atoms with Crippen LogP contribution in [0, 0.1) is 0 Å². The first-order valence-electron chi connectivity index (χ1n) is 10.8. The molecule has 0 amide bonds. The van der Waals surface area contributed by atoms with E-state index in [9.17, 15) is 18.0 Å². The molecule has 2 aromatic heterocycles. The fraction of sp³-hybridized carbons (Fsp3) is 0.115. The first-order chi connectivity index (χ1) is 17.2. The van der Waals surface area contributed by atoms with Gasteiger partial charge in [0.15, 0.2) is 5.65 Å². The van der Waals surface area contributed by atoms with Crippen molar-refractivity contribution in [1.82, 2.24) is 19.4 Å². The Kier molecular flexibility index (Phi) is 6.01. The summed E-state index contributed by atoms with van der Waals surface area (Å²) in [6.45, 7) is -0.0156. The van der Waals surface area contributed by atoms with Gasteiger partial charge in [-0.05, 0) is 53.1 Å². The molecular formula is C26H18ClF3N4O2. The largest absolute Gasteiger partial charge is 0.497 e. The average molecular weight is 511 g/mol. The number of alkyl halides is 3. The third-order valence-corrected chi connectivity index (χ3v) is 6.01. The maximum absolute atomic E-state index is 13.1. The van der Waals surface area contributed by atoms with Gasteiger partial charge in [-0.2, -0.15) is 22.8 Å². The SMILES string of the molecule is COc1ccc(-c2cnn3c(=O)n(Cc4ccc(C(F)(F)F)cc4)nc3c2-c2ccc(Cl)cc2)cc1. The molecule has 0 saturated heterocycles. The number of aromatic nitrogens is 4. The highest BCUT2D eigenvalue weighted by Crippen LogP contribution is 2.35. The number of ether oxygens (including phenoxy) is 1. The van der Waals surface area contributed by atoms with Gasteiger partial charge in [0, 0.05) is 16.1 Å². The van der Waals surface area contributed by atoms with E-state index in [-0.39, 0.29) is 6.54 Å². The molecule has 0 N–H and O–H groups in total. The molecule has 0 radical (unpaired) electrons. The van der Waals surface area contributed by atoms with Gasteiger partial charge in [-0.3, -0.25) is 0 Å². The van der Waals surface area contributed by atoms with Crippen LogP contribution in [0.5, 0.6) is 5.75 Å². The summed E-state index contributed by atoms with van der Waals surface area (Å²) in [5.41, 5.74) is 2.53. The van der Waals surface area contributed by atoms with Crippen molar-refractivity contribution >= 4 is 17.2 Å². The van der Waals surface area contributed by atoms with Crippen molar-refractivity contribution in [3.05, 3.63) is 106 Å². The minimum Gasteiger partial charge on any atom is -0.497 e. The number of methoxy groups -OCH3 is 1. The number of rotatable bonds is 5. The number of halogens is 4. The number of hydrogen-bond donors (Lipinski definition) is 0. The molecule has 2 heterocycles. The summed E-state index contributed by atoms with van der Waals surface area (Å²) in [6, 6.07) is 19.1. The average Bonchev–Trinajstić information content (AvgIpc) is 3.19. The fourth-order valence-electron chi connectivity index (χ4n) is 3.93. The molecule has 0 aliphatic carbocycles. The van der Waals surface area contributed by atoms with E-state index in [4.69, 9.17) is 16.3 Å². The van der Waals surface area contributed by atoms with Crippen molar-refractivity contribution < 1.29 is 17.9 Å². The van der Waals surface area contributed by atoms with E-state index < -0.39 is 17.4 Å². The minimum absolute atomic E-state index is 0.0156. The molecule has 3 aromatic carbocycles. The van der Waals surface area contributed by atoms with Crippen LogP contribution in [0.25, 0.3) is 27.9 Å².